The monoisotopic (exact) mass is 503 g/mol. The zero-order valence-corrected chi connectivity index (χ0v) is 22.2. The topological polar surface area (TPSA) is 140 Å². The average Bonchev–Trinajstić information content (AvgIpc) is 2.82. The van der Waals surface area contributed by atoms with Crippen molar-refractivity contribution in [3.63, 3.8) is 0 Å². The van der Waals surface area contributed by atoms with Gasteiger partial charge in [0.1, 0.15) is 5.82 Å². The molecule has 3 aromatic rings. The van der Waals surface area contributed by atoms with Crippen molar-refractivity contribution < 1.29 is 4.79 Å². The minimum absolute atomic E-state index is 0.0439. The summed E-state index contributed by atoms with van der Waals surface area (Å²) in [7, 11) is 2.02. The number of benzene rings is 1. The Morgan fingerprint density at radius 1 is 1.24 bits per heavy atom. The number of hydrogen-bond acceptors (Lipinski definition) is 7. The van der Waals surface area contributed by atoms with Crippen molar-refractivity contribution in [2.75, 3.05) is 25.5 Å². The van der Waals surface area contributed by atoms with E-state index < -0.39 is 0 Å². The van der Waals surface area contributed by atoms with Crippen LogP contribution in [0.4, 0.5) is 5.82 Å². The van der Waals surface area contributed by atoms with E-state index in [0.717, 1.165) is 41.7 Å². The maximum absolute atomic E-state index is 13.4. The number of nitrogens with two attached hydrogens (primary N) is 1. The van der Waals surface area contributed by atoms with Gasteiger partial charge in [0.2, 0.25) is 0 Å². The molecule has 0 unspecified atom stereocenters. The molecular formula is C28H37N7O2. The molecule has 0 radical (unpaired) electrons. The van der Waals surface area contributed by atoms with Gasteiger partial charge in [-0.3, -0.25) is 9.59 Å². The molecule has 0 spiro atoms. The van der Waals surface area contributed by atoms with Gasteiger partial charge < -0.3 is 31.7 Å². The highest BCUT2D eigenvalue weighted by atomic mass is 16.1. The molecule has 37 heavy (non-hydrogen) atoms. The number of likely N-dealkylation sites (N-methyl/N-ethyl adjacent to an activating group) is 1. The lowest BCUT2D eigenvalue weighted by atomic mass is 10.0. The average molecular weight is 504 g/mol. The number of anilines is 1. The Bertz CT molecular complexity index is 1330. The van der Waals surface area contributed by atoms with Crippen LogP contribution in [0.25, 0.3) is 11.3 Å². The number of rotatable bonds is 11. The summed E-state index contributed by atoms with van der Waals surface area (Å²) in [6.07, 6.45) is 1.14. The molecule has 0 aliphatic heterocycles. The normalized spacial score (nSPS) is 11.1. The summed E-state index contributed by atoms with van der Waals surface area (Å²) in [6.45, 7) is 9.79. The number of hydrogen-bond donors (Lipinski definition) is 5. The zero-order valence-electron chi connectivity index (χ0n) is 22.2. The first-order valence-electron chi connectivity index (χ1n) is 12.4. The molecular weight excluding hydrogens is 466 g/mol. The molecule has 0 saturated heterocycles. The number of aryl methyl sites for hydroxylation is 2. The molecule has 0 saturated carbocycles. The Kier molecular flexibility index (Phi) is 9.32. The van der Waals surface area contributed by atoms with E-state index >= 15 is 0 Å². The van der Waals surface area contributed by atoms with Gasteiger partial charge in [0.05, 0.1) is 11.3 Å². The fourth-order valence-electron chi connectivity index (χ4n) is 4.23. The lowest BCUT2D eigenvalue weighted by Gasteiger charge is -2.18. The molecule has 0 atom stereocenters. The standard InChI is InChI=1S/C28H37N7O2/c1-17(2)32-26-23(14-30)22(27(36)31-15-24-18(3)11-19(4)33-28(24)37)13-25(34-26)21-8-6-7-20(12-21)16-35(5)10-9-29/h6-8,11-14,17,30H,9-10,15-16,29H2,1-5H3,(H,31,36)(H,32,34)(H,33,37). The molecule has 196 valence electrons. The van der Waals surface area contributed by atoms with Gasteiger partial charge in [-0.1, -0.05) is 18.2 Å². The van der Waals surface area contributed by atoms with Crippen LogP contribution in [0.5, 0.6) is 0 Å². The van der Waals surface area contributed by atoms with Gasteiger partial charge >= 0.3 is 0 Å². The Morgan fingerprint density at radius 2 is 2.00 bits per heavy atom. The van der Waals surface area contributed by atoms with Crippen molar-refractivity contribution in [1.29, 1.82) is 5.41 Å². The summed E-state index contributed by atoms with van der Waals surface area (Å²) in [5.74, 6) is 0.0785. The number of nitrogens with one attached hydrogen (secondary N) is 4. The Balaban J connectivity index is 2.00. The number of pyridine rings is 2. The quantitative estimate of drug-likeness (QED) is 0.255. The van der Waals surface area contributed by atoms with Gasteiger partial charge in [0, 0.05) is 60.8 Å². The first kappa shape index (κ1) is 27.8. The highest BCUT2D eigenvalue weighted by Gasteiger charge is 2.19. The number of amides is 1. The van der Waals surface area contributed by atoms with Gasteiger partial charge in [-0.25, -0.2) is 4.98 Å². The molecule has 9 heteroatoms. The molecule has 9 nitrogen and oxygen atoms in total. The second kappa shape index (κ2) is 12.4. The van der Waals surface area contributed by atoms with Crippen LogP contribution in [0.3, 0.4) is 0 Å². The Hall–Kier alpha value is -3.82. The number of carbonyl (C=O) groups is 1. The van der Waals surface area contributed by atoms with Crippen molar-refractivity contribution in [3.05, 3.63) is 80.3 Å². The molecule has 2 aromatic heterocycles. The Morgan fingerprint density at radius 3 is 2.65 bits per heavy atom. The van der Waals surface area contributed by atoms with Crippen LogP contribution >= 0.6 is 0 Å². The van der Waals surface area contributed by atoms with E-state index in [1.807, 2.05) is 59.0 Å². The van der Waals surface area contributed by atoms with Crippen molar-refractivity contribution >= 4 is 17.9 Å². The number of aromatic nitrogens is 2. The van der Waals surface area contributed by atoms with Crippen LogP contribution < -0.4 is 21.9 Å². The minimum Gasteiger partial charge on any atom is -0.367 e. The number of nitrogens with zero attached hydrogens (tertiary/aromatic N) is 2. The summed E-state index contributed by atoms with van der Waals surface area (Å²) in [6, 6.07) is 11.6. The molecule has 0 aliphatic rings. The lowest BCUT2D eigenvalue weighted by molar-refractivity contribution is 0.0950. The molecule has 2 heterocycles. The largest absolute Gasteiger partial charge is 0.367 e. The van der Waals surface area contributed by atoms with Crippen molar-refractivity contribution in [3.8, 4) is 11.3 Å². The summed E-state index contributed by atoms with van der Waals surface area (Å²) < 4.78 is 0. The molecule has 1 amide bonds. The molecule has 1 aromatic carbocycles. The van der Waals surface area contributed by atoms with Crippen molar-refractivity contribution in [2.45, 2.75) is 46.8 Å². The van der Waals surface area contributed by atoms with Crippen LogP contribution in [0.1, 0.15) is 52.2 Å². The molecule has 0 bridgehead atoms. The molecule has 3 rings (SSSR count). The summed E-state index contributed by atoms with van der Waals surface area (Å²) in [5.41, 5.74) is 10.8. The summed E-state index contributed by atoms with van der Waals surface area (Å²) >= 11 is 0. The second-order valence-corrected chi connectivity index (χ2v) is 9.61. The molecule has 0 fully saturated rings. The van der Waals surface area contributed by atoms with E-state index in [9.17, 15) is 9.59 Å². The highest BCUT2D eigenvalue weighted by Crippen LogP contribution is 2.26. The fraction of sp³-hybridized carbons (Fsp3) is 0.357. The Labute approximate surface area is 218 Å². The van der Waals surface area contributed by atoms with Crippen LogP contribution in [0.15, 0.2) is 41.2 Å². The van der Waals surface area contributed by atoms with Gasteiger partial charge in [-0.15, -0.1) is 0 Å². The van der Waals surface area contributed by atoms with Crippen molar-refractivity contribution in [1.82, 2.24) is 20.2 Å². The maximum atomic E-state index is 13.4. The third-order valence-electron chi connectivity index (χ3n) is 5.98. The van der Waals surface area contributed by atoms with Crippen LogP contribution in [-0.4, -0.2) is 53.2 Å². The third kappa shape index (κ3) is 7.12. The van der Waals surface area contributed by atoms with E-state index in [-0.39, 0.29) is 24.1 Å². The number of aromatic amines is 1. The second-order valence-electron chi connectivity index (χ2n) is 9.61. The lowest BCUT2D eigenvalue weighted by Crippen LogP contribution is -2.29. The van der Waals surface area contributed by atoms with Gasteiger partial charge in [0.15, 0.2) is 0 Å². The van der Waals surface area contributed by atoms with E-state index in [0.29, 0.717) is 34.7 Å². The first-order chi connectivity index (χ1) is 17.6. The summed E-state index contributed by atoms with van der Waals surface area (Å²) in [4.78, 5) is 35.5. The zero-order chi connectivity index (χ0) is 27.1. The van der Waals surface area contributed by atoms with E-state index in [1.54, 1.807) is 6.07 Å². The van der Waals surface area contributed by atoms with Crippen LogP contribution in [-0.2, 0) is 13.1 Å². The third-order valence-corrected chi connectivity index (χ3v) is 5.98. The van der Waals surface area contributed by atoms with Crippen LogP contribution in [0, 0.1) is 19.3 Å². The van der Waals surface area contributed by atoms with E-state index in [1.165, 1.54) is 0 Å². The fourth-order valence-corrected chi connectivity index (χ4v) is 4.23. The van der Waals surface area contributed by atoms with E-state index in [2.05, 4.69) is 26.6 Å². The highest BCUT2D eigenvalue weighted by molar-refractivity contribution is 6.05. The SMILES string of the molecule is Cc1cc(C)c(CNC(=O)c2cc(-c3cccc(CN(C)CCN)c3)nc(NC(C)C)c2C=N)c(=O)[nH]1. The van der Waals surface area contributed by atoms with Gasteiger partial charge in [0.25, 0.3) is 11.5 Å². The predicted molar refractivity (Wildman–Crippen MR) is 149 cm³/mol. The maximum Gasteiger partial charge on any atom is 0.253 e. The first-order valence-corrected chi connectivity index (χ1v) is 12.4. The van der Waals surface area contributed by atoms with E-state index in [4.69, 9.17) is 16.1 Å². The number of H-pyrrole nitrogens is 1. The smallest absolute Gasteiger partial charge is 0.253 e. The minimum atomic E-state index is -0.382. The molecule has 6 N–H and O–H groups in total. The number of carbonyl (C=O) groups excluding carboxylic acids is 1. The van der Waals surface area contributed by atoms with Gasteiger partial charge in [-0.2, -0.15) is 0 Å². The molecule has 0 aliphatic carbocycles. The van der Waals surface area contributed by atoms with Gasteiger partial charge in [-0.05, 0) is 64.1 Å². The van der Waals surface area contributed by atoms with Crippen LogP contribution in [0.2, 0.25) is 0 Å². The van der Waals surface area contributed by atoms with Crippen molar-refractivity contribution in [2.24, 2.45) is 5.73 Å². The predicted octanol–water partition coefficient (Wildman–Crippen LogP) is 3.19. The summed E-state index contributed by atoms with van der Waals surface area (Å²) in [5, 5.41) is 14.2.